The molecule has 1 aliphatic rings. The van der Waals surface area contributed by atoms with Crippen LogP contribution in [0.2, 0.25) is 5.02 Å². The fraction of sp³-hybridized carbons (Fsp3) is 0.312. The second kappa shape index (κ2) is 7.65. The Morgan fingerprint density at radius 2 is 2.26 bits per heavy atom. The Labute approximate surface area is 138 Å². The van der Waals surface area contributed by atoms with Gasteiger partial charge in [0, 0.05) is 6.54 Å². The molecule has 2 rings (SSSR count). The highest BCUT2D eigenvalue weighted by molar-refractivity contribution is 6.32. The number of nitriles is 1. The molecule has 6 nitrogen and oxygen atoms in total. The fourth-order valence-electron chi connectivity index (χ4n) is 1.96. The van der Waals surface area contributed by atoms with Crippen molar-refractivity contribution in [3.05, 3.63) is 28.8 Å². The summed E-state index contributed by atoms with van der Waals surface area (Å²) < 4.78 is 10.4. The van der Waals surface area contributed by atoms with Gasteiger partial charge in [-0.2, -0.15) is 5.26 Å². The van der Waals surface area contributed by atoms with E-state index in [-0.39, 0.29) is 6.79 Å². The maximum absolute atomic E-state index is 12.0. The van der Waals surface area contributed by atoms with Crippen molar-refractivity contribution < 1.29 is 19.1 Å². The van der Waals surface area contributed by atoms with Crippen LogP contribution in [0.4, 0.5) is 0 Å². The van der Waals surface area contributed by atoms with Gasteiger partial charge < -0.3 is 14.8 Å². The van der Waals surface area contributed by atoms with Crippen LogP contribution in [0.15, 0.2) is 18.2 Å². The van der Waals surface area contributed by atoms with Gasteiger partial charge in [0.05, 0.1) is 11.1 Å². The van der Waals surface area contributed by atoms with Gasteiger partial charge in [0.15, 0.2) is 23.2 Å². The molecule has 1 aromatic carbocycles. The Balaban J connectivity index is 2.10. The van der Waals surface area contributed by atoms with E-state index in [1.807, 2.05) is 6.92 Å². The van der Waals surface area contributed by atoms with Crippen LogP contribution in [-0.2, 0) is 9.59 Å². The van der Waals surface area contributed by atoms with Crippen LogP contribution in [0.5, 0.6) is 11.5 Å². The molecule has 1 aromatic rings. The number of hydrogen-bond donors (Lipinski definition) is 1. The van der Waals surface area contributed by atoms with E-state index in [0.717, 1.165) is 6.42 Å². The number of halogens is 1. The molecule has 1 amide bonds. The molecule has 0 saturated carbocycles. The van der Waals surface area contributed by atoms with Gasteiger partial charge in [-0.05, 0) is 30.2 Å². The summed E-state index contributed by atoms with van der Waals surface area (Å²) in [5, 5.41) is 11.9. The average Bonchev–Trinajstić information content (AvgIpc) is 3.00. The predicted molar refractivity (Wildman–Crippen MR) is 84.0 cm³/mol. The van der Waals surface area contributed by atoms with E-state index in [1.165, 1.54) is 12.2 Å². The molecule has 0 aromatic heterocycles. The molecule has 1 atom stereocenters. The van der Waals surface area contributed by atoms with E-state index in [2.05, 4.69) is 5.32 Å². The van der Waals surface area contributed by atoms with E-state index in [0.29, 0.717) is 28.6 Å². The Bertz CT molecular complexity index is 694. The minimum absolute atomic E-state index is 0.0925. The maximum atomic E-state index is 12.0. The van der Waals surface area contributed by atoms with Crippen LogP contribution in [0.1, 0.15) is 18.9 Å². The first-order valence-corrected chi connectivity index (χ1v) is 7.43. The van der Waals surface area contributed by atoms with Crippen LogP contribution < -0.4 is 14.8 Å². The van der Waals surface area contributed by atoms with Crippen molar-refractivity contribution in [2.45, 2.75) is 13.3 Å². The van der Waals surface area contributed by atoms with Crippen LogP contribution >= 0.6 is 11.6 Å². The molecule has 0 radical (unpaired) electrons. The lowest BCUT2D eigenvalue weighted by Crippen LogP contribution is -2.34. The van der Waals surface area contributed by atoms with Gasteiger partial charge >= 0.3 is 0 Å². The second-order valence-corrected chi connectivity index (χ2v) is 5.23. The Morgan fingerprint density at radius 1 is 1.48 bits per heavy atom. The van der Waals surface area contributed by atoms with Crippen molar-refractivity contribution in [1.29, 1.82) is 5.26 Å². The van der Waals surface area contributed by atoms with Crippen molar-refractivity contribution in [3.8, 4) is 17.6 Å². The van der Waals surface area contributed by atoms with E-state index in [9.17, 15) is 9.59 Å². The number of ether oxygens (including phenoxy) is 2. The normalized spacial score (nSPS) is 13.6. The number of carbonyl (C=O) groups excluding carboxylic acids is 2. The van der Waals surface area contributed by atoms with Crippen molar-refractivity contribution in [1.82, 2.24) is 5.32 Å². The summed E-state index contributed by atoms with van der Waals surface area (Å²) in [5.74, 6) is -1.59. The number of amides is 1. The molecule has 1 unspecified atom stereocenters. The number of nitrogens with one attached hydrogen (secondary N) is 1. The molecule has 120 valence electrons. The van der Waals surface area contributed by atoms with Gasteiger partial charge in [-0.15, -0.1) is 0 Å². The summed E-state index contributed by atoms with van der Waals surface area (Å²) in [6.45, 7) is 2.40. The number of allylic oxidation sites excluding steroid dienone is 1. The molecule has 1 aliphatic heterocycles. The van der Waals surface area contributed by atoms with E-state index < -0.39 is 17.6 Å². The number of rotatable bonds is 6. The number of fused-ring (bicyclic) bond motifs is 1. The van der Waals surface area contributed by atoms with Gasteiger partial charge in [-0.3, -0.25) is 9.59 Å². The molecule has 0 bridgehead atoms. The molecule has 0 saturated heterocycles. The number of hydrogen-bond acceptors (Lipinski definition) is 5. The van der Waals surface area contributed by atoms with Crippen LogP contribution in [-0.4, -0.2) is 25.0 Å². The first-order chi connectivity index (χ1) is 11.1. The molecule has 0 spiro atoms. The SMILES string of the molecule is CCCNC(=O)C(C#N)C(=O)/C=C/c1cc(Cl)c2c(c1)OCO2. The molecular formula is C16H15ClN2O4. The average molecular weight is 335 g/mol. The lowest BCUT2D eigenvalue weighted by molar-refractivity contribution is -0.129. The van der Waals surface area contributed by atoms with Crippen LogP contribution in [0, 0.1) is 17.2 Å². The Kier molecular flexibility index (Phi) is 5.61. The van der Waals surface area contributed by atoms with E-state index >= 15 is 0 Å². The van der Waals surface area contributed by atoms with E-state index in [4.69, 9.17) is 26.3 Å². The van der Waals surface area contributed by atoms with Crippen LogP contribution in [0.25, 0.3) is 6.08 Å². The minimum Gasteiger partial charge on any atom is -0.454 e. The zero-order chi connectivity index (χ0) is 16.8. The van der Waals surface area contributed by atoms with Gasteiger partial charge in [0.1, 0.15) is 0 Å². The Morgan fingerprint density at radius 3 is 2.96 bits per heavy atom. The highest BCUT2D eigenvalue weighted by atomic mass is 35.5. The number of ketones is 1. The number of benzene rings is 1. The number of carbonyl (C=O) groups is 2. The lowest BCUT2D eigenvalue weighted by atomic mass is 10.0. The highest BCUT2D eigenvalue weighted by Crippen LogP contribution is 2.40. The first-order valence-electron chi connectivity index (χ1n) is 7.05. The van der Waals surface area contributed by atoms with Gasteiger partial charge in [0.2, 0.25) is 12.7 Å². The molecule has 0 fully saturated rings. The van der Waals surface area contributed by atoms with Crippen molar-refractivity contribution >= 4 is 29.4 Å². The van der Waals surface area contributed by atoms with Crippen molar-refractivity contribution in [3.63, 3.8) is 0 Å². The summed E-state index contributed by atoms with van der Waals surface area (Å²) in [4.78, 5) is 23.8. The lowest BCUT2D eigenvalue weighted by Gasteiger charge is -2.06. The summed E-state index contributed by atoms with van der Waals surface area (Å²) in [5.41, 5.74) is 0.609. The zero-order valence-electron chi connectivity index (χ0n) is 12.5. The largest absolute Gasteiger partial charge is 0.454 e. The third-order valence-corrected chi connectivity index (χ3v) is 3.40. The third kappa shape index (κ3) is 4.02. The smallest absolute Gasteiger partial charge is 0.245 e. The van der Waals surface area contributed by atoms with Gasteiger partial charge in [-0.1, -0.05) is 24.6 Å². The summed E-state index contributed by atoms with van der Waals surface area (Å²) >= 11 is 6.05. The molecule has 1 heterocycles. The minimum atomic E-state index is -1.36. The van der Waals surface area contributed by atoms with Crippen molar-refractivity contribution in [2.75, 3.05) is 13.3 Å². The van der Waals surface area contributed by atoms with Crippen LogP contribution in [0.3, 0.4) is 0 Å². The quantitative estimate of drug-likeness (QED) is 0.637. The number of nitrogens with zero attached hydrogens (tertiary/aromatic N) is 1. The molecular weight excluding hydrogens is 320 g/mol. The molecule has 7 heteroatoms. The first kappa shape index (κ1) is 16.8. The Hall–Kier alpha value is -2.52. The molecule has 1 N–H and O–H groups in total. The fourth-order valence-corrected chi connectivity index (χ4v) is 2.23. The van der Waals surface area contributed by atoms with Crippen molar-refractivity contribution in [2.24, 2.45) is 5.92 Å². The predicted octanol–water partition coefficient (Wildman–Crippen LogP) is 2.32. The molecule has 23 heavy (non-hydrogen) atoms. The summed E-state index contributed by atoms with van der Waals surface area (Å²) in [6.07, 6.45) is 3.39. The molecule has 0 aliphatic carbocycles. The van der Waals surface area contributed by atoms with E-state index in [1.54, 1.807) is 18.2 Å². The standard InChI is InChI=1S/C16H15ClN2O4/c1-2-5-19-16(21)11(8-18)13(20)4-3-10-6-12(17)15-14(7-10)22-9-23-15/h3-4,6-7,11H,2,5,9H2,1H3,(H,19,21)/b4-3+. The van der Waals surface area contributed by atoms with Gasteiger partial charge in [0.25, 0.3) is 0 Å². The zero-order valence-corrected chi connectivity index (χ0v) is 13.2. The summed E-state index contributed by atoms with van der Waals surface area (Å²) in [6, 6.07) is 4.99. The second-order valence-electron chi connectivity index (χ2n) is 4.83. The topological polar surface area (TPSA) is 88.4 Å². The third-order valence-electron chi connectivity index (χ3n) is 3.11. The maximum Gasteiger partial charge on any atom is 0.245 e. The van der Waals surface area contributed by atoms with Gasteiger partial charge in [-0.25, -0.2) is 0 Å². The summed E-state index contributed by atoms with van der Waals surface area (Å²) in [7, 11) is 0. The highest BCUT2D eigenvalue weighted by Gasteiger charge is 2.24. The monoisotopic (exact) mass is 334 g/mol.